The average Bonchev–Trinajstić information content (AvgIpc) is 3.06. The number of carbonyl (C=O) groups is 2. The Hall–Kier alpha value is -2.87. The molecule has 1 aromatic heterocycles. The molecular formula is C26H32ClFN4O3. The van der Waals surface area contributed by atoms with E-state index in [1.54, 1.807) is 20.0 Å². The summed E-state index contributed by atoms with van der Waals surface area (Å²) in [5.74, 6) is 0.306. The monoisotopic (exact) mass is 502 g/mol. The molecule has 2 saturated heterocycles. The van der Waals surface area contributed by atoms with Crippen molar-refractivity contribution >= 4 is 29.2 Å². The molecule has 2 N–H and O–H groups in total. The van der Waals surface area contributed by atoms with E-state index < -0.39 is 11.4 Å². The summed E-state index contributed by atoms with van der Waals surface area (Å²) in [6.07, 6.45) is 5.29. The first-order valence-electron chi connectivity index (χ1n) is 12.0. The van der Waals surface area contributed by atoms with Crippen LogP contribution in [-0.4, -0.2) is 46.6 Å². The zero-order chi connectivity index (χ0) is 25.3. The lowest BCUT2D eigenvalue weighted by Gasteiger charge is -2.40. The summed E-state index contributed by atoms with van der Waals surface area (Å²) in [5, 5.41) is 5.98. The molecule has 0 aliphatic carbocycles. The molecule has 0 saturated carbocycles. The molecule has 2 aromatic rings. The molecule has 35 heavy (non-hydrogen) atoms. The van der Waals surface area contributed by atoms with E-state index >= 15 is 0 Å². The van der Waals surface area contributed by atoms with Gasteiger partial charge in [-0.1, -0.05) is 11.6 Å². The molecule has 3 heterocycles. The molecule has 1 unspecified atom stereocenters. The Balaban J connectivity index is 1.37. The number of anilines is 1. The Morgan fingerprint density at radius 2 is 1.86 bits per heavy atom. The molecular weight excluding hydrogens is 471 g/mol. The number of nitrogens with zero attached hydrogens (tertiary/aromatic N) is 2. The highest BCUT2D eigenvalue weighted by molar-refractivity contribution is 6.30. The molecule has 7 nitrogen and oxygen atoms in total. The van der Waals surface area contributed by atoms with Crippen LogP contribution in [0.1, 0.15) is 63.7 Å². The highest BCUT2D eigenvalue weighted by atomic mass is 35.5. The topological polar surface area (TPSA) is 83.6 Å². The first kappa shape index (κ1) is 25.2. The summed E-state index contributed by atoms with van der Waals surface area (Å²) >= 11 is 5.84. The number of amides is 2. The largest absolute Gasteiger partial charge is 0.478 e. The smallest absolute Gasteiger partial charge is 0.263 e. The van der Waals surface area contributed by atoms with Crippen LogP contribution in [-0.2, 0) is 4.79 Å². The van der Waals surface area contributed by atoms with Gasteiger partial charge >= 0.3 is 0 Å². The van der Waals surface area contributed by atoms with Gasteiger partial charge in [0.05, 0.1) is 10.6 Å². The zero-order valence-corrected chi connectivity index (χ0v) is 21.2. The van der Waals surface area contributed by atoms with Gasteiger partial charge in [0.15, 0.2) is 5.60 Å². The minimum absolute atomic E-state index is 0.0204. The minimum Gasteiger partial charge on any atom is -0.478 e. The Kier molecular flexibility index (Phi) is 7.22. The predicted octanol–water partition coefficient (Wildman–Crippen LogP) is 4.49. The van der Waals surface area contributed by atoms with Crippen LogP contribution in [0.15, 0.2) is 36.5 Å². The van der Waals surface area contributed by atoms with Crippen molar-refractivity contribution in [3.05, 3.63) is 52.9 Å². The molecule has 3 atom stereocenters. The zero-order valence-electron chi connectivity index (χ0n) is 20.5. The van der Waals surface area contributed by atoms with Gasteiger partial charge < -0.3 is 20.3 Å². The fourth-order valence-electron chi connectivity index (χ4n) is 4.93. The fourth-order valence-corrected chi connectivity index (χ4v) is 5.10. The van der Waals surface area contributed by atoms with Crippen molar-refractivity contribution in [2.24, 2.45) is 0 Å². The first-order chi connectivity index (χ1) is 16.5. The number of rotatable bonds is 7. The molecule has 2 aliphatic heterocycles. The summed E-state index contributed by atoms with van der Waals surface area (Å²) in [6, 6.07) is 8.39. The van der Waals surface area contributed by atoms with E-state index in [4.69, 9.17) is 16.3 Å². The molecule has 2 bridgehead atoms. The van der Waals surface area contributed by atoms with E-state index in [-0.39, 0.29) is 41.0 Å². The van der Waals surface area contributed by atoms with Crippen LogP contribution in [0.3, 0.4) is 0 Å². The normalized spacial score (nSPS) is 21.7. The van der Waals surface area contributed by atoms with Crippen molar-refractivity contribution in [1.29, 1.82) is 0 Å². The summed E-state index contributed by atoms with van der Waals surface area (Å²) in [5.41, 5.74) is -0.604. The second-order valence-electron chi connectivity index (χ2n) is 10.2. The first-order valence-corrected chi connectivity index (χ1v) is 12.4. The van der Waals surface area contributed by atoms with E-state index in [0.29, 0.717) is 11.3 Å². The third-order valence-electron chi connectivity index (χ3n) is 6.57. The number of piperidine rings is 1. The fraction of sp³-hybridized carbons (Fsp3) is 0.500. The van der Waals surface area contributed by atoms with E-state index in [0.717, 1.165) is 31.5 Å². The van der Waals surface area contributed by atoms with Gasteiger partial charge in [-0.3, -0.25) is 9.59 Å². The maximum absolute atomic E-state index is 13.4. The summed E-state index contributed by atoms with van der Waals surface area (Å²) in [7, 11) is 0. The van der Waals surface area contributed by atoms with Crippen LogP contribution in [0.5, 0.6) is 5.75 Å². The molecule has 2 aliphatic rings. The Morgan fingerprint density at radius 1 is 1.17 bits per heavy atom. The van der Waals surface area contributed by atoms with Crippen LogP contribution < -0.4 is 20.3 Å². The van der Waals surface area contributed by atoms with Gasteiger partial charge in [0.2, 0.25) is 0 Å². The quantitative estimate of drug-likeness (QED) is 0.583. The third-order valence-corrected chi connectivity index (χ3v) is 6.86. The van der Waals surface area contributed by atoms with Crippen LogP contribution >= 0.6 is 11.6 Å². The number of fused-ring (bicyclic) bond motifs is 2. The minimum atomic E-state index is -1.15. The van der Waals surface area contributed by atoms with E-state index in [2.05, 4.69) is 20.5 Å². The number of aromatic nitrogens is 1. The number of nitrogens with one attached hydrogen (secondary N) is 2. The van der Waals surface area contributed by atoms with E-state index in [9.17, 15) is 14.0 Å². The highest BCUT2D eigenvalue weighted by Crippen LogP contribution is 2.38. The molecule has 1 aromatic carbocycles. The lowest BCUT2D eigenvalue weighted by molar-refractivity contribution is -0.135. The highest BCUT2D eigenvalue weighted by Gasteiger charge is 2.43. The number of ether oxygens (including phenoxy) is 1. The Bertz CT molecular complexity index is 1080. The number of carbonyl (C=O) groups excluding carboxylic acids is 2. The van der Waals surface area contributed by atoms with Gasteiger partial charge in [-0.25, -0.2) is 9.37 Å². The number of halogens is 2. The summed E-state index contributed by atoms with van der Waals surface area (Å²) in [4.78, 5) is 32.2. The Labute approximate surface area is 210 Å². The number of hydrogen-bond donors (Lipinski definition) is 2. The third kappa shape index (κ3) is 5.69. The summed E-state index contributed by atoms with van der Waals surface area (Å²) < 4.78 is 19.3. The van der Waals surface area contributed by atoms with Crippen LogP contribution in [0.2, 0.25) is 5.02 Å². The van der Waals surface area contributed by atoms with Crippen molar-refractivity contribution in [1.82, 2.24) is 15.6 Å². The molecule has 2 amide bonds. The Morgan fingerprint density at radius 3 is 2.43 bits per heavy atom. The molecule has 9 heteroatoms. The van der Waals surface area contributed by atoms with E-state index in [1.165, 1.54) is 18.2 Å². The van der Waals surface area contributed by atoms with Crippen molar-refractivity contribution in [3.8, 4) is 5.75 Å². The summed E-state index contributed by atoms with van der Waals surface area (Å²) in [6.45, 7) is 7.21. The van der Waals surface area contributed by atoms with Crippen molar-refractivity contribution in [2.45, 2.75) is 83.1 Å². The van der Waals surface area contributed by atoms with Gasteiger partial charge in [-0.05, 0) is 77.6 Å². The van der Waals surface area contributed by atoms with Gasteiger partial charge in [-0.15, -0.1) is 0 Å². The molecule has 188 valence electrons. The van der Waals surface area contributed by atoms with Crippen LogP contribution in [0.25, 0.3) is 0 Å². The van der Waals surface area contributed by atoms with Crippen LogP contribution in [0, 0.1) is 5.82 Å². The van der Waals surface area contributed by atoms with Crippen LogP contribution in [0.4, 0.5) is 10.2 Å². The molecule has 0 spiro atoms. The molecule has 4 rings (SSSR count). The number of benzene rings is 1. The SMILES string of the molecule is CC(C)NC(=O)c1ccc(N2[C@@H]3CC[C@H]2CC(NC(=O)C(C)(C)Oc2ccc(F)c(Cl)c2)C3)nc1. The van der Waals surface area contributed by atoms with Crippen molar-refractivity contribution in [3.63, 3.8) is 0 Å². The lowest BCUT2D eigenvalue weighted by Crippen LogP contribution is -2.55. The second kappa shape index (κ2) is 10.0. The van der Waals surface area contributed by atoms with Crippen molar-refractivity contribution < 1.29 is 18.7 Å². The van der Waals surface area contributed by atoms with Gasteiger partial charge in [0, 0.05) is 36.4 Å². The lowest BCUT2D eigenvalue weighted by atomic mass is 9.96. The van der Waals surface area contributed by atoms with E-state index in [1.807, 2.05) is 26.0 Å². The molecule has 0 radical (unpaired) electrons. The standard InChI is InChI=1S/C26H32ClFN4O3/c1-15(2)30-24(33)16-5-10-23(29-14-16)32-18-6-7-19(32)12-17(11-18)31-25(34)26(3,4)35-20-8-9-22(28)21(27)13-20/h5,8-10,13-15,17-19H,6-7,11-12H2,1-4H3,(H,30,33)(H,31,34)/t17?,18-,19+. The maximum Gasteiger partial charge on any atom is 0.263 e. The van der Waals surface area contributed by atoms with Gasteiger partial charge in [0.1, 0.15) is 17.4 Å². The van der Waals surface area contributed by atoms with Gasteiger partial charge in [0.25, 0.3) is 11.8 Å². The predicted molar refractivity (Wildman–Crippen MR) is 133 cm³/mol. The second-order valence-corrected chi connectivity index (χ2v) is 10.6. The molecule has 2 fully saturated rings. The maximum atomic E-state index is 13.4. The number of pyridine rings is 1. The van der Waals surface area contributed by atoms with Crippen molar-refractivity contribution in [2.75, 3.05) is 4.90 Å². The van der Waals surface area contributed by atoms with Gasteiger partial charge in [-0.2, -0.15) is 0 Å². The average molecular weight is 503 g/mol. The number of hydrogen-bond acceptors (Lipinski definition) is 5.